The molecule has 162 valence electrons. The number of likely N-dealkylation sites (tertiary alicyclic amines) is 1. The van der Waals surface area contributed by atoms with Gasteiger partial charge < -0.3 is 20.1 Å². The van der Waals surface area contributed by atoms with E-state index in [1.165, 1.54) is 0 Å². The van der Waals surface area contributed by atoms with Gasteiger partial charge in [-0.1, -0.05) is 12.1 Å². The molecule has 0 bridgehead atoms. The van der Waals surface area contributed by atoms with E-state index in [1.807, 2.05) is 72.7 Å². The highest BCUT2D eigenvalue weighted by molar-refractivity contribution is 5.78. The van der Waals surface area contributed by atoms with Gasteiger partial charge in [0.1, 0.15) is 11.2 Å². The second-order valence-electron chi connectivity index (χ2n) is 10.3. The molecule has 1 aliphatic rings. The van der Waals surface area contributed by atoms with Crippen molar-refractivity contribution in [3.63, 3.8) is 0 Å². The van der Waals surface area contributed by atoms with Crippen LogP contribution in [0.1, 0.15) is 60.5 Å². The van der Waals surface area contributed by atoms with Crippen LogP contribution in [-0.2, 0) is 20.7 Å². The van der Waals surface area contributed by atoms with Gasteiger partial charge >= 0.3 is 12.1 Å². The lowest BCUT2D eigenvalue weighted by atomic mass is 9.72. The van der Waals surface area contributed by atoms with Crippen LogP contribution in [0.3, 0.4) is 0 Å². The number of benzene rings is 1. The van der Waals surface area contributed by atoms with E-state index < -0.39 is 16.6 Å². The van der Waals surface area contributed by atoms with Crippen LogP contribution in [0.5, 0.6) is 0 Å². The molecule has 0 aliphatic carbocycles. The molecule has 2 N–H and O–H groups in total. The predicted octanol–water partition coefficient (Wildman–Crippen LogP) is 4.42. The van der Waals surface area contributed by atoms with Gasteiger partial charge in [-0.25, -0.2) is 4.79 Å². The zero-order valence-electron chi connectivity index (χ0n) is 18.9. The molecule has 29 heavy (non-hydrogen) atoms. The lowest BCUT2D eigenvalue weighted by Crippen LogP contribution is -2.44. The van der Waals surface area contributed by atoms with Crippen molar-refractivity contribution >= 4 is 17.7 Å². The van der Waals surface area contributed by atoms with Crippen molar-refractivity contribution in [1.82, 2.24) is 4.90 Å². The van der Waals surface area contributed by atoms with Gasteiger partial charge in [-0.3, -0.25) is 4.79 Å². The quantitative estimate of drug-likeness (QED) is 0.593. The third-order valence-corrected chi connectivity index (χ3v) is 5.13. The summed E-state index contributed by atoms with van der Waals surface area (Å²) in [7, 11) is 0. The van der Waals surface area contributed by atoms with Crippen molar-refractivity contribution in [3.8, 4) is 0 Å². The molecule has 1 unspecified atom stereocenters. The Morgan fingerprint density at radius 1 is 1.07 bits per heavy atom. The molecule has 1 aromatic carbocycles. The molecule has 0 radical (unpaired) electrons. The summed E-state index contributed by atoms with van der Waals surface area (Å²) in [5.74, 6) is -0.283. The van der Waals surface area contributed by atoms with Gasteiger partial charge in [-0.15, -0.1) is 0 Å². The van der Waals surface area contributed by atoms with Gasteiger partial charge in [-0.2, -0.15) is 0 Å². The number of nitrogens with two attached hydrogens (primary N) is 1. The van der Waals surface area contributed by atoms with Crippen LogP contribution in [-0.4, -0.2) is 41.3 Å². The maximum absolute atomic E-state index is 13.3. The van der Waals surface area contributed by atoms with Gasteiger partial charge in [0.05, 0.1) is 5.41 Å². The van der Waals surface area contributed by atoms with Crippen molar-refractivity contribution in [2.75, 3.05) is 18.8 Å². The minimum atomic E-state index is -0.780. The first-order chi connectivity index (χ1) is 13.2. The fourth-order valence-electron chi connectivity index (χ4n) is 3.68. The molecule has 6 nitrogen and oxygen atoms in total. The smallest absolute Gasteiger partial charge is 0.410 e. The van der Waals surface area contributed by atoms with Crippen LogP contribution in [0.15, 0.2) is 24.3 Å². The standard InChI is InChI=1S/C23H36N2O4/c1-21(2,3)28-19(26)23(7,14-16-9-8-10-18(24)13-16)17-11-12-25(15-17)20(27)29-22(4,5)6/h8-10,13,17H,11-12,14-15,24H2,1-7H3/t17-,23?/m0/s1. The Bertz CT molecular complexity index is 748. The number of esters is 1. The van der Waals surface area contributed by atoms with Crippen LogP contribution in [0.4, 0.5) is 10.5 Å². The summed E-state index contributed by atoms with van der Waals surface area (Å²) >= 11 is 0. The Kier molecular flexibility index (Phi) is 6.55. The number of carbonyl (C=O) groups excluding carboxylic acids is 2. The molecular formula is C23H36N2O4. The van der Waals surface area contributed by atoms with Gasteiger partial charge in [-0.05, 0) is 84.9 Å². The van der Waals surface area contributed by atoms with Gasteiger partial charge in [0.15, 0.2) is 0 Å². The molecule has 1 fully saturated rings. The van der Waals surface area contributed by atoms with Crippen LogP contribution in [0, 0.1) is 11.3 Å². The number of nitrogen functional groups attached to an aromatic ring is 1. The Labute approximate surface area is 174 Å². The number of ether oxygens (including phenoxy) is 2. The highest BCUT2D eigenvalue weighted by atomic mass is 16.6. The monoisotopic (exact) mass is 404 g/mol. The predicted molar refractivity (Wildman–Crippen MR) is 114 cm³/mol. The number of hydrogen-bond donors (Lipinski definition) is 1. The highest BCUT2D eigenvalue weighted by Crippen LogP contribution is 2.40. The molecule has 1 aliphatic heterocycles. The molecule has 2 rings (SSSR count). The van der Waals surface area contributed by atoms with Crippen LogP contribution < -0.4 is 5.73 Å². The van der Waals surface area contributed by atoms with Gasteiger partial charge in [0.2, 0.25) is 0 Å². The van der Waals surface area contributed by atoms with Crippen LogP contribution >= 0.6 is 0 Å². The van der Waals surface area contributed by atoms with Crippen LogP contribution in [0.2, 0.25) is 0 Å². The normalized spacial score (nSPS) is 19.6. The minimum absolute atomic E-state index is 0.0358. The van der Waals surface area contributed by atoms with E-state index in [0.29, 0.717) is 25.2 Å². The molecule has 1 aromatic rings. The minimum Gasteiger partial charge on any atom is -0.460 e. The molecule has 6 heteroatoms. The van der Waals surface area contributed by atoms with E-state index in [2.05, 4.69) is 0 Å². The zero-order chi connectivity index (χ0) is 22.0. The summed E-state index contributed by atoms with van der Waals surface area (Å²) in [6.45, 7) is 14.1. The second kappa shape index (κ2) is 8.25. The maximum Gasteiger partial charge on any atom is 0.410 e. The highest BCUT2D eigenvalue weighted by Gasteiger charge is 2.47. The summed E-state index contributed by atoms with van der Waals surface area (Å²) in [6.07, 6.45) is 0.882. The van der Waals surface area contributed by atoms with E-state index in [1.54, 1.807) is 4.90 Å². The van der Waals surface area contributed by atoms with E-state index in [4.69, 9.17) is 15.2 Å². The van der Waals surface area contributed by atoms with Crippen molar-refractivity contribution in [2.45, 2.75) is 72.5 Å². The van der Waals surface area contributed by atoms with E-state index in [0.717, 1.165) is 12.0 Å². The molecule has 0 saturated carbocycles. The second-order valence-corrected chi connectivity index (χ2v) is 10.3. The first-order valence-electron chi connectivity index (χ1n) is 10.3. The van der Waals surface area contributed by atoms with E-state index in [9.17, 15) is 9.59 Å². The lowest BCUT2D eigenvalue weighted by Gasteiger charge is -2.36. The van der Waals surface area contributed by atoms with Gasteiger partial charge in [0, 0.05) is 18.8 Å². The topological polar surface area (TPSA) is 81.9 Å². The molecule has 1 amide bonds. The summed E-state index contributed by atoms with van der Waals surface area (Å²) in [5, 5.41) is 0. The molecule has 2 atom stereocenters. The SMILES string of the molecule is CC(C)(C)OC(=O)N1CC[C@H](C(C)(Cc2cccc(N)c2)C(=O)OC(C)(C)C)C1. The first-order valence-corrected chi connectivity index (χ1v) is 10.3. The summed E-state index contributed by atoms with van der Waals surface area (Å²) in [4.78, 5) is 27.5. The molecule has 1 saturated heterocycles. The zero-order valence-corrected chi connectivity index (χ0v) is 18.9. The number of nitrogens with zero attached hydrogens (tertiary/aromatic N) is 1. The fourth-order valence-corrected chi connectivity index (χ4v) is 3.68. The number of carbonyl (C=O) groups is 2. The Hall–Kier alpha value is -2.24. The summed E-state index contributed by atoms with van der Waals surface area (Å²) in [6, 6.07) is 7.58. The largest absolute Gasteiger partial charge is 0.460 e. The molecule has 0 spiro atoms. The Morgan fingerprint density at radius 3 is 2.24 bits per heavy atom. The fraction of sp³-hybridized carbons (Fsp3) is 0.652. The number of hydrogen-bond acceptors (Lipinski definition) is 5. The average molecular weight is 405 g/mol. The van der Waals surface area contributed by atoms with Crippen molar-refractivity contribution < 1.29 is 19.1 Å². The summed E-state index contributed by atoms with van der Waals surface area (Å²) in [5.41, 5.74) is 5.67. The Morgan fingerprint density at radius 2 is 1.69 bits per heavy atom. The molecule has 1 heterocycles. The first kappa shape index (κ1) is 23.0. The molecular weight excluding hydrogens is 368 g/mol. The van der Waals surface area contributed by atoms with Crippen molar-refractivity contribution in [3.05, 3.63) is 29.8 Å². The van der Waals surface area contributed by atoms with Crippen molar-refractivity contribution in [1.29, 1.82) is 0 Å². The number of amides is 1. The van der Waals surface area contributed by atoms with Gasteiger partial charge in [0.25, 0.3) is 0 Å². The Balaban J connectivity index is 2.25. The van der Waals surface area contributed by atoms with E-state index in [-0.39, 0.29) is 18.0 Å². The third kappa shape index (κ3) is 6.38. The number of rotatable bonds is 4. The maximum atomic E-state index is 13.3. The number of anilines is 1. The summed E-state index contributed by atoms with van der Waals surface area (Å²) < 4.78 is 11.3. The third-order valence-electron chi connectivity index (χ3n) is 5.13. The van der Waals surface area contributed by atoms with Crippen molar-refractivity contribution in [2.24, 2.45) is 11.3 Å². The average Bonchev–Trinajstić information content (AvgIpc) is 3.02. The lowest BCUT2D eigenvalue weighted by molar-refractivity contribution is -0.170. The van der Waals surface area contributed by atoms with E-state index >= 15 is 0 Å². The molecule has 0 aromatic heterocycles. The van der Waals surface area contributed by atoms with Crippen LogP contribution in [0.25, 0.3) is 0 Å².